The van der Waals surface area contributed by atoms with Gasteiger partial charge in [0, 0.05) is 34.2 Å². The van der Waals surface area contributed by atoms with Crippen LogP contribution in [0.25, 0.3) is 10.9 Å². The SMILES string of the molecule is N#Cc1cc(C(ON=C(C(=O)NC2C(=O)N3C(C(=O)O)=C(C=CC[n+]4cccc5ccccc54)CSC23)c2csc(N)n2)C(=O)O)cc(O)c1O. The third-order valence-electron chi connectivity index (χ3n) is 7.88. The van der Waals surface area contributed by atoms with E-state index in [1.807, 2.05) is 53.2 Å². The van der Waals surface area contributed by atoms with Gasteiger partial charge in [0.05, 0.1) is 5.56 Å². The summed E-state index contributed by atoms with van der Waals surface area (Å²) in [5.41, 5.74) is 5.53. The average molecular weight is 729 g/mol. The minimum Gasteiger partial charge on any atom is -0.504 e. The maximum absolute atomic E-state index is 13.6. The number of carbonyl (C=O) groups excluding carboxylic acids is 2. The Labute approximate surface area is 296 Å². The molecule has 1 fully saturated rings. The van der Waals surface area contributed by atoms with Gasteiger partial charge in [-0.1, -0.05) is 23.4 Å². The maximum atomic E-state index is 13.6. The van der Waals surface area contributed by atoms with Crippen molar-refractivity contribution >= 4 is 68.6 Å². The first-order valence-electron chi connectivity index (χ1n) is 14.9. The van der Waals surface area contributed by atoms with Crippen molar-refractivity contribution in [1.82, 2.24) is 15.2 Å². The van der Waals surface area contributed by atoms with Gasteiger partial charge in [-0.2, -0.15) is 9.83 Å². The van der Waals surface area contributed by atoms with Gasteiger partial charge in [0.25, 0.3) is 11.8 Å². The summed E-state index contributed by atoms with van der Waals surface area (Å²) in [7, 11) is 0. The van der Waals surface area contributed by atoms with Crippen LogP contribution in [0, 0.1) is 11.3 Å². The van der Waals surface area contributed by atoms with Gasteiger partial charge < -0.3 is 36.3 Å². The number of hydrogen-bond acceptors (Lipinski definition) is 13. The number of pyridine rings is 1. The lowest BCUT2D eigenvalue weighted by atomic mass is 10.0. The first-order valence-corrected chi connectivity index (χ1v) is 16.8. The molecule has 6 rings (SSSR count). The van der Waals surface area contributed by atoms with Gasteiger partial charge in [0.15, 0.2) is 35.1 Å². The number of carboxylic acids is 2. The number of β-lactam (4-membered cyclic amide) rings is 1. The van der Waals surface area contributed by atoms with Crippen LogP contribution in [-0.4, -0.2) is 76.9 Å². The van der Waals surface area contributed by atoms with Gasteiger partial charge in [-0.05, 0) is 35.9 Å². The lowest BCUT2D eigenvalue weighted by Crippen LogP contribution is -2.71. The number of oxime groups is 1. The van der Waals surface area contributed by atoms with Crippen LogP contribution in [0.3, 0.4) is 0 Å². The zero-order valence-electron chi connectivity index (χ0n) is 26.0. The number of thiazole rings is 1. The fourth-order valence-electron chi connectivity index (χ4n) is 5.50. The number of aromatic hydroxyl groups is 2. The summed E-state index contributed by atoms with van der Waals surface area (Å²) in [5.74, 6) is -5.98. The number of phenolic OH excluding ortho intramolecular Hbond substituents is 2. The molecule has 4 heterocycles. The summed E-state index contributed by atoms with van der Waals surface area (Å²) in [6.07, 6.45) is 3.42. The number of nitrogen functional groups attached to an aromatic ring is 1. The lowest BCUT2D eigenvalue weighted by Gasteiger charge is -2.49. The molecule has 2 aromatic carbocycles. The molecule has 0 saturated carbocycles. The second-order valence-electron chi connectivity index (χ2n) is 11.0. The van der Waals surface area contributed by atoms with Gasteiger partial charge in [-0.3, -0.25) is 14.5 Å². The predicted molar refractivity (Wildman–Crippen MR) is 182 cm³/mol. The number of hydrogen-bond donors (Lipinski definition) is 6. The normalized spacial score (nSPS) is 17.8. The summed E-state index contributed by atoms with van der Waals surface area (Å²) >= 11 is 2.18. The Hall–Kier alpha value is -6.45. The molecule has 4 aromatic rings. The number of para-hydroxylation sites is 1. The molecule has 0 spiro atoms. The highest BCUT2D eigenvalue weighted by molar-refractivity contribution is 8.00. The fourth-order valence-corrected chi connectivity index (χ4v) is 7.37. The molecule has 0 radical (unpaired) electrons. The summed E-state index contributed by atoms with van der Waals surface area (Å²) in [5, 5.41) is 56.9. The number of nitrogens with two attached hydrogens (primary N) is 1. The Bertz CT molecular complexity index is 2240. The van der Waals surface area contributed by atoms with Gasteiger partial charge >= 0.3 is 11.9 Å². The van der Waals surface area contributed by atoms with Crippen molar-refractivity contribution in [2.24, 2.45) is 5.16 Å². The molecule has 3 unspecified atom stereocenters. The lowest BCUT2D eigenvalue weighted by molar-refractivity contribution is -0.661. The molecular formula is C33H26N7O9S2+. The van der Waals surface area contributed by atoms with Crippen LogP contribution in [0.2, 0.25) is 0 Å². The summed E-state index contributed by atoms with van der Waals surface area (Å²) in [4.78, 5) is 61.7. The van der Waals surface area contributed by atoms with E-state index in [9.17, 15) is 44.9 Å². The Morgan fingerprint density at radius 1 is 1.22 bits per heavy atom. The van der Waals surface area contributed by atoms with Crippen molar-refractivity contribution in [1.29, 1.82) is 5.26 Å². The first-order chi connectivity index (χ1) is 24.5. The molecule has 51 heavy (non-hydrogen) atoms. The highest BCUT2D eigenvalue weighted by Gasteiger charge is 2.54. The van der Waals surface area contributed by atoms with Gasteiger partial charge in [0.2, 0.25) is 11.6 Å². The van der Waals surface area contributed by atoms with Crippen molar-refractivity contribution in [3.63, 3.8) is 0 Å². The van der Waals surface area contributed by atoms with Crippen molar-refractivity contribution in [3.8, 4) is 17.6 Å². The number of thioether (sulfide) groups is 1. The van der Waals surface area contributed by atoms with E-state index < -0.39 is 64.0 Å². The predicted octanol–water partition coefficient (Wildman–Crippen LogP) is 1.99. The standard InChI is InChI=1S/C33H25N7O9S2/c34-13-19-11-18(12-22(41)26(19)42)27(32(47)48)49-38-23(20-15-51-33(35)36-20)28(43)37-24-29(44)40-25(31(45)46)17(14-50-30(24)40)7-4-10-39-9-3-6-16-5-1-2-8-21(16)39/h1-9,11-12,15,24,27,30H,10,14H2,(H6-,35,36,37,38,41,42,43,45,46,47,48)/p+1. The van der Waals surface area contributed by atoms with E-state index in [4.69, 9.17) is 10.6 Å². The van der Waals surface area contributed by atoms with Gasteiger partial charge in [-0.15, -0.1) is 23.1 Å². The maximum Gasteiger partial charge on any atom is 0.352 e. The molecule has 3 atom stereocenters. The molecule has 18 heteroatoms. The monoisotopic (exact) mass is 728 g/mol. The molecule has 1 saturated heterocycles. The molecule has 2 aliphatic rings. The van der Waals surface area contributed by atoms with Gasteiger partial charge in [-0.25, -0.2) is 14.6 Å². The van der Waals surface area contributed by atoms with Crippen molar-refractivity contribution in [2.45, 2.75) is 24.1 Å². The van der Waals surface area contributed by atoms with Crippen LogP contribution in [0.1, 0.15) is 22.9 Å². The smallest absolute Gasteiger partial charge is 0.352 e. The summed E-state index contributed by atoms with van der Waals surface area (Å²) in [6.45, 7) is 0.444. The molecule has 7 N–H and O–H groups in total. The van der Waals surface area contributed by atoms with Crippen LogP contribution in [0.5, 0.6) is 11.5 Å². The number of phenols is 2. The molecule has 2 amide bonds. The molecule has 2 aromatic heterocycles. The third kappa shape index (κ3) is 6.75. The number of aromatic nitrogens is 2. The molecule has 16 nitrogen and oxygen atoms in total. The number of carboxylic acid groups (broad SMARTS) is 2. The third-order valence-corrected chi connectivity index (χ3v) is 9.86. The zero-order valence-corrected chi connectivity index (χ0v) is 27.7. The van der Waals surface area contributed by atoms with Crippen LogP contribution in [-0.2, 0) is 30.6 Å². The minimum atomic E-state index is -1.97. The van der Waals surface area contributed by atoms with E-state index in [0.29, 0.717) is 12.1 Å². The van der Waals surface area contributed by atoms with E-state index in [1.165, 1.54) is 17.1 Å². The van der Waals surface area contributed by atoms with Crippen LogP contribution < -0.4 is 15.6 Å². The number of rotatable bonds is 11. The summed E-state index contributed by atoms with van der Waals surface area (Å²) in [6, 6.07) is 14.0. The van der Waals surface area contributed by atoms with E-state index in [2.05, 4.69) is 15.5 Å². The second-order valence-corrected chi connectivity index (χ2v) is 13.0. The highest BCUT2D eigenvalue weighted by Crippen LogP contribution is 2.41. The van der Waals surface area contributed by atoms with Crippen molar-refractivity contribution in [3.05, 3.63) is 100 Å². The molecule has 2 aliphatic heterocycles. The number of benzene rings is 2. The molecule has 258 valence electrons. The van der Waals surface area contributed by atoms with E-state index in [0.717, 1.165) is 39.3 Å². The Balaban J connectivity index is 1.22. The van der Waals surface area contributed by atoms with Crippen LogP contribution >= 0.6 is 23.1 Å². The Kier molecular flexibility index (Phi) is 9.57. The van der Waals surface area contributed by atoms with E-state index in [-0.39, 0.29) is 27.8 Å². The minimum absolute atomic E-state index is 0.0341. The zero-order chi connectivity index (χ0) is 36.4. The molecule has 0 bridgehead atoms. The van der Waals surface area contributed by atoms with Gasteiger partial charge in [0.1, 0.15) is 28.9 Å². The number of nitriles is 1. The highest BCUT2D eigenvalue weighted by atomic mass is 32.2. The average Bonchev–Trinajstić information content (AvgIpc) is 3.55. The number of anilines is 1. The number of carbonyl (C=O) groups is 4. The number of allylic oxidation sites excluding steroid dienone is 2. The van der Waals surface area contributed by atoms with Crippen LogP contribution in [0.15, 0.2) is 88.7 Å². The number of aliphatic carboxylic acids is 2. The number of nitrogens with one attached hydrogen (secondary N) is 1. The first kappa shape index (κ1) is 34.4. The number of fused-ring (bicyclic) bond motifs is 2. The summed E-state index contributed by atoms with van der Waals surface area (Å²) < 4.78 is 2.00. The quantitative estimate of drug-likeness (QED) is 0.0425. The van der Waals surface area contributed by atoms with Crippen LogP contribution in [0.4, 0.5) is 5.13 Å². The Morgan fingerprint density at radius 2 is 1.98 bits per heavy atom. The number of nitrogens with zero attached hydrogens (tertiary/aromatic N) is 5. The fraction of sp³-hybridized carbons (Fsp3) is 0.152. The van der Waals surface area contributed by atoms with E-state index >= 15 is 0 Å². The molecule has 0 aliphatic carbocycles. The van der Waals surface area contributed by atoms with Crippen molar-refractivity contribution in [2.75, 3.05) is 11.5 Å². The van der Waals surface area contributed by atoms with Crippen molar-refractivity contribution < 1.29 is 49.0 Å². The second kappa shape index (κ2) is 14.2. The topological polar surface area (TPSA) is 253 Å². The molecular weight excluding hydrogens is 703 g/mol. The van der Waals surface area contributed by atoms with E-state index in [1.54, 1.807) is 12.1 Å². The number of amides is 2. The largest absolute Gasteiger partial charge is 0.504 e. The Morgan fingerprint density at radius 3 is 2.69 bits per heavy atom.